The van der Waals surface area contributed by atoms with Gasteiger partial charge in [0, 0.05) is 17.2 Å². The Hall–Kier alpha value is -1.37. The lowest BCUT2D eigenvalue weighted by molar-refractivity contribution is 0.582. The SMILES string of the molecule is Cc1ccc(SCCNS(=O)(=O)c2ccc(F)c(C)c2)cc1. The number of thioether (sulfide) groups is 1. The number of nitrogens with one attached hydrogen (secondary N) is 1. The summed E-state index contributed by atoms with van der Waals surface area (Å²) in [7, 11) is -3.59. The van der Waals surface area contributed by atoms with Crippen LogP contribution in [0.25, 0.3) is 0 Å². The van der Waals surface area contributed by atoms with E-state index in [1.54, 1.807) is 18.7 Å². The number of halogens is 1. The molecular formula is C16H18FNO2S2. The van der Waals surface area contributed by atoms with Crippen LogP contribution in [0.3, 0.4) is 0 Å². The maximum absolute atomic E-state index is 13.2. The van der Waals surface area contributed by atoms with E-state index in [1.807, 2.05) is 31.2 Å². The van der Waals surface area contributed by atoms with Crippen LogP contribution in [-0.2, 0) is 10.0 Å². The molecule has 1 N–H and O–H groups in total. The fourth-order valence-electron chi connectivity index (χ4n) is 1.85. The summed E-state index contributed by atoms with van der Waals surface area (Å²) in [5, 5.41) is 0. The van der Waals surface area contributed by atoms with Gasteiger partial charge in [-0.3, -0.25) is 0 Å². The average molecular weight is 339 g/mol. The highest BCUT2D eigenvalue weighted by Crippen LogP contribution is 2.18. The zero-order chi connectivity index (χ0) is 16.2. The highest BCUT2D eigenvalue weighted by atomic mass is 32.2. The normalized spacial score (nSPS) is 11.6. The molecule has 0 aliphatic rings. The molecule has 2 rings (SSSR count). The van der Waals surface area contributed by atoms with Crippen LogP contribution < -0.4 is 4.72 Å². The lowest BCUT2D eigenvalue weighted by Crippen LogP contribution is -2.26. The molecular weight excluding hydrogens is 321 g/mol. The topological polar surface area (TPSA) is 46.2 Å². The molecule has 0 amide bonds. The highest BCUT2D eigenvalue weighted by Gasteiger charge is 2.14. The Bertz CT molecular complexity index is 743. The molecule has 0 fully saturated rings. The molecule has 0 atom stereocenters. The van der Waals surface area contributed by atoms with Crippen molar-refractivity contribution in [3.8, 4) is 0 Å². The minimum atomic E-state index is -3.59. The number of rotatable bonds is 6. The van der Waals surface area contributed by atoms with E-state index in [-0.39, 0.29) is 4.90 Å². The largest absolute Gasteiger partial charge is 0.240 e. The Morgan fingerprint density at radius 2 is 1.77 bits per heavy atom. The monoisotopic (exact) mass is 339 g/mol. The third-order valence-electron chi connectivity index (χ3n) is 3.12. The van der Waals surface area contributed by atoms with E-state index in [2.05, 4.69) is 4.72 Å². The molecule has 0 saturated carbocycles. The van der Waals surface area contributed by atoms with E-state index in [0.29, 0.717) is 17.9 Å². The Balaban J connectivity index is 1.89. The van der Waals surface area contributed by atoms with Crippen LogP contribution >= 0.6 is 11.8 Å². The van der Waals surface area contributed by atoms with Gasteiger partial charge < -0.3 is 0 Å². The van der Waals surface area contributed by atoms with E-state index < -0.39 is 15.8 Å². The minimum absolute atomic E-state index is 0.0896. The summed E-state index contributed by atoms with van der Waals surface area (Å²) in [6.07, 6.45) is 0. The maximum Gasteiger partial charge on any atom is 0.240 e. The van der Waals surface area contributed by atoms with Gasteiger partial charge in [0.25, 0.3) is 0 Å². The number of hydrogen-bond donors (Lipinski definition) is 1. The highest BCUT2D eigenvalue weighted by molar-refractivity contribution is 7.99. The summed E-state index contributed by atoms with van der Waals surface area (Å²) in [5.74, 6) is 0.219. The Kier molecular flexibility index (Phi) is 5.61. The van der Waals surface area contributed by atoms with Gasteiger partial charge in [-0.25, -0.2) is 17.5 Å². The summed E-state index contributed by atoms with van der Waals surface area (Å²) in [5.41, 5.74) is 1.51. The van der Waals surface area contributed by atoms with Crippen LogP contribution in [0.1, 0.15) is 11.1 Å². The van der Waals surface area contributed by atoms with Crippen LogP contribution in [-0.4, -0.2) is 20.7 Å². The van der Waals surface area contributed by atoms with Crippen molar-refractivity contribution in [2.45, 2.75) is 23.6 Å². The first-order valence-electron chi connectivity index (χ1n) is 6.84. The number of hydrogen-bond acceptors (Lipinski definition) is 3. The standard InChI is InChI=1S/C16H18FNO2S2/c1-12-3-5-14(6-4-12)21-10-9-18-22(19,20)15-7-8-16(17)13(2)11-15/h3-8,11,18H,9-10H2,1-2H3. The summed E-state index contributed by atoms with van der Waals surface area (Å²) < 4.78 is 39.9. The predicted octanol–water partition coefficient (Wildman–Crippen LogP) is 3.51. The third-order valence-corrected chi connectivity index (χ3v) is 5.60. The summed E-state index contributed by atoms with van der Waals surface area (Å²) >= 11 is 1.58. The lowest BCUT2D eigenvalue weighted by Gasteiger charge is -2.08. The molecule has 0 saturated heterocycles. The molecule has 0 aliphatic carbocycles. The van der Waals surface area contributed by atoms with E-state index in [0.717, 1.165) is 4.90 Å². The van der Waals surface area contributed by atoms with Crippen LogP contribution in [0.15, 0.2) is 52.3 Å². The average Bonchev–Trinajstić information content (AvgIpc) is 2.48. The molecule has 0 aromatic heterocycles. The van der Waals surface area contributed by atoms with Crippen molar-refractivity contribution in [3.63, 3.8) is 0 Å². The lowest BCUT2D eigenvalue weighted by atomic mass is 10.2. The van der Waals surface area contributed by atoms with Gasteiger partial charge >= 0.3 is 0 Å². The molecule has 118 valence electrons. The van der Waals surface area contributed by atoms with Crippen LogP contribution in [0, 0.1) is 19.7 Å². The third kappa shape index (κ3) is 4.56. The van der Waals surface area contributed by atoms with Crippen molar-refractivity contribution >= 4 is 21.8 Å². The van der Waals surface area contributed by atoms with Gasteiger partial charge in [0.1, 0.15) is 5.82 Å². The molecule has 22 heavy (non-hydrogen) atoms. The van der Waals surface area contributed by atoms with Crippen molar-refractivity contribution in [2.75, 3.05) is 12.3 Å². The molecule has 2 aromatic carbocycles. The van der Waals surface area contributed by atoms with Gasteiger partial charge in [0.15, 0.2) is 0 Å². The van der Waals surface area contributed by atoms with Crippen LogP contribution in [0.5, 0.6) is 0 Å². The van der Waals surface area contributed by atoms with Crippen LogP contribution in [0.2, 0.25) is 0 Å². The molecule has 3 nitrogen and oxygen atoms in total. The van der Waals surface area contributed by atoms with Gasteiger partial charge in [0.05, 0.1) is 4.90 Å². The van der Waals surface area contributed by atoms with Crippen molar-refractivity contribution in [1.82, 2.24) is 4.72 Å². The van der Waals surface area contributed by atoms with Crippen molar-refractivity contribution < 1.29 is 12.8 Å². The molecule has 2 aromatic rings. The Labute approximate surface area is 135 Å². The quantitative estimate of drug-likeness (QED) is 0.647. The second kappa shape index (κ2) is 7.26. The Morgan fingerprint density at radius 3 is 2.41 bits per heavy atom. The second-order valence-electron chi connectivity index (χ2n) is 4.97. The van der Waals surface area contributed by atoms with Crippen molar-refractivity contribution in [2.24, 2.45) is 0 Å². The summed E-state index contributed by atoms with van der Waals surface area (Å²) in [6, 6.07) is 11.9. The molecule has 6 heteroatoms. The second-order valence-corrected chi connectivity index (χ2v) is 7.91. The smallest absolute Gasteiger partial charge is 0.210 e. The molecule has 0 aliphatic heterocycles. The van der Waals surface area contributed by atoms with E-state index in [4.69, 9.17) is 0 Å². The zero-order valence-electron chi connectivity index (χ0n) is 12.5. The van der Waals surface area contributed by atoms with Crippen molar-refractivity contribution in [3.05, 3.63) is 59.4 Å². The number of sulfonamides is 1. The molecule has 0 heterocycles. The van der Waals surface area contributed by atoms with E-state index >= 15 is 0 Å². The Morgan fingerprint density at radius 1 is 1.09 bits per heavy atom. The first-order valence-corrected chi connectivity index (χ1v) is 9.31. The van der Waals surface area contributed by atoms with Gasteiger partial charge in [-0.05, 0) is 49.7 Å². The number of benzene rings is 2. The predicted molar refractivity (Wildman–Crippen MR) is 88.2 cm³/mol. The first kappa shape index (κ1) is 17.0. The van der Waals surface area contributed by atoms with Gasteiger partial charge in [-0.15, -0.1) is 11.8 Å². The van der Waals surface area contributed by atoms with Gasteiger partial charge in [-0.2, -0.15) is 0 Å². The van der Waals surface area contributed by atoms with E-state index in [1.165, 1.54) is 23.8 Å². The minimum Gasteiger partial charge on any atom is -0.210 e. The van der Waals surface area contributed by atoms with Crippen molar-refractivity contribution in [1.29, 1.82) is 0 Å². The summed E-state index contributed by atoms with van der Waals surface area (Å²) in [4.78, 5) is 1.19. The molecule has 0 spiro atoms. The first-order chi connectivity index (χ1) is 10.4. The molecule has 0 radical (unpaired) electrons. The summed E-state index contributed by atoms with van der Waals surface area (Å²) in [6.45, 7) is 3.88. The zero-order valence-corrected chi connectivity index (χ0v) is 14.1. The van der Waals surface area contributed by atoms with Crippen LogP contribution in [0.4, 0.5) is 4.39 Å². The fraction of sp³-hybridized carbons (Fsp3) is 0.250. The van der Waals surface area contributed by atoms with Gasteiger partial charge in [-0.1, -0.05) is 17.7 Å². The fourth-order valence-corrected chi connectivity index (χ4v) is 3.86. The van der Waals surface area contributed by atoms with E-state index in [9.17, 15) is 12.8 Å². The maximum atomic E-state index is 13.2. The van der Waals surface area contributed by atoms with Gasteiger partial charge in [0.2, 0.25) is 10.0 Å². The molecule has 0 bridgehead atoms. The number of aryl methyl sites for hydroxylation is 2. The molecule has 0 unspecified atom stereocenters.